The van der Waals surface area contributed by atoms with Gasteiger partial charge in [0.05, 0.1) is 32.3 Å². The fourth-order valence-corrected chi connectivity index (χ4v) is 3.10. The first-order valence-electron chi connectivity index (χ1n) is 7.41. The van der Waals surface area contributed by atoms with Crippen LogP contribution in [0.3, 0.4) is 0 Å². The van der Waals surface area contributed by atoms with E-state index in [4.69, 9.17) is 4.74 Å². The van der Waals surface area contributed by atoms with E-state index in [1.807, 2.05) is 12.2 Å². The van der Waals surface area contributed by atoms with Crippen LogP contribution in [0.4, 0.5) is 0 Å². The Hall–Kier alpha value is -0.460. The van der Waals surface area contributed by atoms with Crippen molar-refractivity contribution in [1.29, 1.82) is 0 Å². The van der Waals surface area contributed by atoms with Gasteiger partial charge in [0.1, 0.15) is 6.04 Å². The zero-order valence-corrected chi connectivity index (χ0v) is 11.9. The first-order chi connectivity index (χ1) is 9.06. The van der Waals surface area contributed by atoms with E-state index in [9.17, 15) is 10.4 Å². The highest BCUT2D eigenvalue weighted by atomic mass is 16.5. The van der Waals surface area contributed by atoms with Crippen molar-refractivity contribution in [1.82, 2.24) is 0 Å². The fraction of sp³-hybridized carbons (Fsp3) is 0.857. The smallest absolute Gasteiger partial charge is 0.106 e. The van der Waals surface area contributed by atoms with Crippen LogP contribution in [0.25, 0.3) is 0 Å². The van der Waals surface area contributed by atoms with Gasteiger partial charge in [-0.15, -0.1) is 0 Å². The molecule has 110 valence electrons. The predicted molar refractivity (Wildman–Crippen MR) is 73.6 cm³/mol. The third kappa shape index (κ3) is 4.26. The molecule has 0 amide bonds. The standard InChI is InChI=1S/C14H26N2O3/c1-15(17)11-3-7-13(8-4-11)19-14-9-5-12(6-10-14)16(2)18/h3,7,11-16H,4-6,8-10H2,1-2H3. The minimum Gasteiger partial charge on any atom is -0.634 e. The second-order valence-electron chi connectivity index (χ2n) is 5.94. The molecule has 2 rings (SSSR count). The molecule has 0 saturated heterocycles. The third-order valence-corrected chi connectivity index (χ3v) is 4.46. The Morgan fingerprint density at radius 2 is 1.58 bits per heavy atom. The number of hydrogen-bond donors (Lipinski definition) is 2. The van der Waals surface area contributed by atoms with Crippen molar-refractivity contribution in [2.24, 2.45) is 0 Å². The zero-order valence-electron chi connectivity index (χ0n) is 11.9. The van der Waals surface area contributed by atoms with Crippen LogP contribution >= 0.6 is 0 Å². The lowest BCUT2D eigenvalue weighted by atomic mass is 9.92. The second-order valence-corrected chi connectivity index (χ2v) is 5.94. The van der Waals surface area contributed by atoms with Crippen molar-refractivity contribution < 1.29 is 14.9 Å². The van der Waals surface area contributed by atoms with Gasteiger partial charge in [-0.05, 0) is 25.3 Å². The number of likely N-dealkylation sites (N-methyl/N-ethyl adjacent to an activating group) is 1. The molecule has 2 N–H and O–H groups in total. The molecule has 2 aliphatic carbocycles. The summed E-state index contributed by atoms with van der Waals surface area (Å²) >= 11 is 0. The second kappa shape index (κ2) is 6.81. The van der Waals surface area contributed by atoms with E-state index < -0.39 is 0 Å². The van der Waals surface area contributed by atoms with Gasteiger partial charge >= 0.3 is 0 Å². The van der Waals surface area contributed by atoms with E-state index in [-0.39, 0.29) is 23.3 Å². The number of rotatable bonds is 4. The van der Waals surface area contributed by atoms with E-state index in [0.717, 1.165) is 38.5 Å². The number of nitrogens with one attached hydrogen (secondary N) is 2. The Labute approximate surface area is 115 Å². The minimum atomic E-state index is 0.0910. The number of ether oxygens (including phenoxy) is 1. The largest absolute Gasteiger partial charge is 0.634 e. The maximum absolute atomic E-state index is 11.3. The number of hydrogen-bond acceptors (Lipinski definition) is 3. The van der Waals surface area contributed by atoms with Gasteiger partial charge in [-0.2, -0.15) is 0 Å². The molecule has 1 fully saturated rings. The Bertz CT molecular complexity index is 299. The molecule has 5 heteroatoms. The highest BCUT2D eigenvalue weighted by Crippen LogP contribution is 2.24. The quantitative estimate of drug-likeness (QED) is 0.531. The summed E-state index contributed by atoms with van der Waals surface area (Å²) < 4.78 is 6.08. The molecule has 5 nitrogen and oxygen atoms in total. The van der Waals surface area contributed by atoms with Gasteiger partial charge in [0.2, 0.25) is 0 Å². The van der Waals surface area contributed by atoms with Gasteiger partial charge in [-0.1, -0.05) is 6.08 Å². The van der Waals surface area contributed by atoms with Gasteiger partial charge in [0.15, 0.2) is 0 Å². The topological polar surface area (TPSA) is 64.2 Å². The van der Waals surface area contributed by atoms with Gasteiger partial charge < -0.3 is 25.3 Å². The van der Waals surface area contributed by atoms with E-state index in [1.54, 1.807) is 14.1 Å². The summed E-state index contributed by atoms with van der Waals surface area (Å²) in [7, 11) is 3.34. The maximum Gasteiger partial charge on any atom is 0.106 e. The van der Waals surface area contributed by atoms with E-state index in [2.05, 4.69) is 0 Å². The van der Waals surface area contributed by atoms with Crippen molar-refractivity contribution >= 4 is 0 Å². The summed E-state index contributed by atoms with van der Waals surface area (Å²) in [5.41, 5.74) is 0. The van der Waals surface area contributed by atoms with Crippen LogP contribution in [0.2, 0.25) is 0 Å². The van der Waals surface area contributed by atoms with Crippen LogP contribution in [0.1, 0.15) is 38.5 Å². The van der Waals surface area contributed by atoms with Crippen molar-refractivity contribution in [2.45, 2.75) is 62.8 Å². The van der Waals surface area contributed by atoms with Gasteiger partial charge in [-0.25, -0.2) is 0 Å². The molecule has 0 spiro atoms. The molecular weight excluding hydrogens is 244 g/mol. The lowest BCUT2D eigenvalue weighted by Gasteiger charge is -2.36. The van der Waals surface area contributed by atoms with Gasteiger partial charge in [0.25, 0.3) is 0 Å². The van der Waals surface area contributed by atoms with Crippen LogP contribution in [0.15, 0.2) is 12.2 Å². The van der Waals surface area contributed by atoms with Crippen LogP contribution in [0.5, 0.6) is 0 Å². The number of hydroxylamine groups is 4. The summed E-state index contributed by atoms with van der Waals surface area (Å²) in [4.78, 5) is 0. The predicted octanol–water partition coefficient (Wildman–Crippen LogP) is -0.574. The number of quaternary nitrogens is 2. The Morgan fingerprint density at radius 3 is 2.05 bits per heavy atom. The van der Waals surface area contributed by atoms with Crippen LogP contribution < -0.4 is 10.1 Å². The normalized spacial score (nSPS) is 38.9. The first kappa shape index (κ1) is 14.9. The summed E-state index contributed by atoms with van der Waals surface area (Å²) in [6.07, 6.45) is 10.2. The minimum absolute atomic E-state index is 0.0910. The molecule has 1 saturated carbocycles. The van der Waals surface area contributed by atoms with Crippen LogP contribution in [-0.2, 0) is 4.74 Å². The van der Waals surface area contributed by atoms with E-state index in [0.29, 0.717) is 11.2 Å². The van der Waals surface area contributed by atoms with E-state index in [1.165, 1.54) is 0 Å². The molecule has 0 bridgehead atoms. The van der Waals surface area contributed by atoms with Gasteiger partial charge in [-0.3, -0.25) is 0 Å². The fourth-order valence-electron chi connectivity index (χ4n) is 3.10. The lowest BCUT2D eigenvalue weighted by molar-refractivity contribution is -0.856. The lowest BCUT2D eigenvalue weighted by Crippen LogP contribution is -3.08. The van der Waals surface area contributed by atoms with Crippen molar-refractivity contribution in [3.63, 3.8) is 0 Å². The molecule has 0 aromatic carbocycles. The Kier molecular flexibility index (Phi) is 5.36. The zero-order chi connectivity index (χ0) is 13.8. The highest BCUT2D eigenvalue weighted by molar-refractivity contribution is 5.00. The summed E-state index contributed by atoms with van der Waals surface area (Å²) in [6.45, 7) is 0. The molecular formula is C14H26N2O3. The molecule has 4 atom stereocenters. The van der Waals surface area contributed by atoms with Crippen LogP contribution in [0, 0.1) is 10.4 Å². The Morgan fingerprint density at radius 1 is 0.895 bits per heavy atom. The van der Waals surface area contributed by atoms with Crippen LogP contribution in [-0.4, -0.2) is 38.4 Å². The van der Waals surface area contributed by atoms with Crippen molar-refractivity contribution in [2.75, 3.05) is 14.1 Å². The molecule has 0 radical (unpaired) electrons. The molecule has 19 heavy (non-hydrogen) atoms. The first-order valence-corrected chi connectivity index (χ1v) is 7.41. The summed E-state index contributed by atoms with van der Waals surface area (Å²) in [5.74, 6) is 0. The van der Waals surface area contributed by atoms with Crippen molar-refractivity contribution in [3.8, 4) is 0 Å². The summed E-state index contributed by atoms with van der Waals surface area (Å²) in [6, 6.07) is 0.345. The monoisotopic (exact) mass is 270 g/mol. The Balaban J connectivity index is 1.73. The summed E-state index contributed by atoms with van der Waals surface area (Å²) in [5, 5.41) is 23.1. The third-order valence-electron chi connectivity index (χ3n) is 4.46. The molecule has 0 aliphatic heterocycles. The van der Waals surface area contributed by atoms with E-state index >= 15 is 0 Å². The average Bonchev–Trinajstić information content (AvgIpc) is 2.40. The molecule has 0 heterocycles. The van der Waals surface area contributed by atoms with Crippen molar-refractivity contribution in [3.05, 3.63) is 22.6 Å². The molecule has 4 unspecified atom stereocenters. The molecule has 2 aliphatic rings. The molecule has 0 aromatic rings. The van der Waals surface area contributed by atoms with Gasteiger partial charge in [0, 0.05) is 19.3 Å². The highest BCUT2D eigenvalue weighted by Gasteiger charge is 2.27. The maximum atomic E-state index is 11.3. The SMILES string of the molecule is C[NH+]([O-])C1C=CC(OC2CCC([NH+](C)[O-])CC2)CC1. The molecule has 0 aromatic heterocycles. The average molecular weight is 270 g/mol.